The maximum atomic E-state index is 13.7. The first-order valence-corrected chi connectivity index (χ1v) is 6.13. The minimum atomic E-state index is -0.257. The number of nitrogens with zero attached hydrogens (tertiary/aromatic N) is 1. The van der Waals surface area contributed by atoms with Crippen LogP contribution in [0.15, 0.2) is 18.3 Å². The quantitative estimate of drug-likeness (QED) is 0.794. The molecule has 0 fully saturated rings. The highest BCUT2D eigenvalue weighted by atomic mass is 19.1. The minimum absolute atomic E-state index is 0.257. The molecule has 0 saturated carbocycles. The molecule has 1 aromatic rings. The van der Waals surface area contributed by atoms with Crippen molar-refractivity contribution >= 4 is 5.57 Å². The molecule has 1 atom stereocenters. The lowest BCUT2D eigenvalue weighted by molar-refractivity contribution is 0.395. The van der Waals surface area contributed by atoms with Gasteiger partial charge in [0.25, 0.3) is 0 Å². The molecular weight excluding hydrogens is 217 g/mol. The zero-order valence-electron chi connectivity index (χ0n) is 10.4. The van der Waals surface area contributed by atoms with E-state index in [0.29, 0.717) is 11.4 Å². The van der Waals surface area contributed by atoms with E-state index < -0.39 is 0 Å². The van der Waals surface area contributed by atoms with Crippen molar-refractivity contribution in [3.63, 3.8) is 0 Å². The van der Waals surface area contributed by atoms with Crippen molar-refractivity contribution in [3.05, 3.63) is 29.7 Å². The van der Waals surface area contributed by atoms with E-state index in [4.69, 9.17) is 4.74 Å². The van der Waals surface area contributed by atoms with Crippen molar-refractivity contribution in [2.24, 2.45) is 5.92 Å². The summed E-state index contributed by atoms with van der Waals surface area (Å²) in [6.07, 6.45) is 7.74. The Balaban J connectivity index is 2.25. The first-order chi connectivity index (χ1) is 8.24. The van der Waals surface area contributed by atoms with E-state index in [1.165, 1.54) is 12.6 Å². The largest absolute Gasteiger partial charge is 0.481 e. The van der Waals surface area contributed by atoms with E-state index in [1.807, 2.05) is 0 Å². The van der Waals surface area contributed by atoms with Crippen LogP contribution in [0.5, 0.6) is 5.88 Å². The fourth-order valence-corrected chi connectivity index (χ4v) is 2.28. The molecular formula is C14H18FNO. The topological polar surface area (TPSA) is 22.1 Å². The van der Waals surface area contributed by atoms with Crippen LogP contribution >= 0.6 is 0 Å². The Morgan fingerprint density at radius 2 is 2.35 bits per heavy atom. The van der Waals surface area contributed by atoms with Crippen molar-refractivity contribution < 1.29 is 9.13 Å². The van der Waals surface area contributed by atoms with E-state index >= 15 is 0 Å². The molecule has 1 aliphatic rings. The van der Waals surface area contributed by atoms with Gasteiger partial charge in [0, 0.05) is 11.6 Å². The van der Waals surface area contributed by atoms with Gasteiger partial charge in [-0.1, -0.05) is 19.4 Å². The van der Waals surface area contributed by atoms with Crippen molar-refractivity contribution in [1.82, 2.24) is 4.98 Å². The normalized spacial score (nSPS) is 19.9. The summed E-state index contributed by atoms with van der Waals surface area (Å²) in [6, 6.07) is 1.69. The lowest BCUT2D eigenvalue weighted by Gasteiger charge is -2.21. The van der Waals surface area contributed by atoms with Crippen LogP contribution in [0.1, 0.15) is 38.2 Å². The fourth-order valence-electron chi connectivity index (χ4n) is 2.28. The summed E-state index contributed by atoms with van der Waals surface area (Å²) in [6.45, 7) is 2.21. The smallest absolute Gasteiger partial charge is 0.213 e. The fraction of sp³-hybridized carbons (Fsp3) is 0.500. The number of hydrogen-bond acceptors (Lipinski definition) is 2. The summed E-state index contributed by atoms with van der Waals surface area (Å²) in [5, 5.41) is 0. The molecule has 17 heavy (non-hydrogen) atoms. The van der Waals surface area contributed by atoms with Gasteiger partial charge in [0.1, 0.15) is 5.82 Å². The number of hydrogen-bond donors (Lipinski definition) is 0. The number of ether oxygens (including phenoxy) is 1. The van der Waals surface area contributed by atoms with E-state index in [9.17, 15) is 4.39 Å². The van der Waals surface area contributed by atoms with Gasteiger partial charge in [0.15, 0.2) is 0 Å². The number of aromatic nitrogens is 1. The molecule has 0 saturated heterocycles. The first kappa shape index (κ1) is 12.1. The van der Waals surface area contributed by atoms with Gasteiger partial charge < -0.3 is 4.74 Å². The lowest BCUT2D eigenvalue weighted by atomic mass is 9.85. The van der Waals surface area contributed by atoms with Gasteiger partial charge in [-0.25, -0.2) is 9.37 Å². The van der Waals surface area contributed by atoms with Crippen molar-refractivity contribution in [1.29, 1.82) is 0 Å². The second-order valence-electron chi connectivity index (χ2n) is 4.48. The van der Waals surface area contributed by atoms with E-state index in [1.54, 1.807) is 13.2 Å². The van der Waals surface area contributed by atoms with Crippen LogP contribution in [0.2, 0.25) is 0 Å². The van der Waals surface area contributed by atoms with Gasteiger partial charge in [-0.3, -0.25) is 0 Å². The zero-order valence-corrected chi connectivity index (χ0v) is 10.4. The molecule has 0 aromatic carbocycles. The SMILES string of the molecule is CCC1CC=C(c2cc(OC)ncc2F)CC1. The highest BCUT2D eigenvalue weighted by molar-refractivity contribution is 5.67. The third kappa shape index (κ3) is 2.65. The summed E-state index contributed by atoms with van der Waals surface area (Å²) in [4.78, 5) is 3.86. The molecule has 92 valence electrons. The molecule has 3 heteroatoms. The van der Waals surface area contributed by atoms with Gasteiger partial charge in [-0.05, 0) is 30.8 Å². The molecule has 1 unspecified atom stereocenters. The minimum Gasteiger partial charge on any atom is -0.481 e. The second-order valence-corrected chi connectivity index (χ2v) is 4.48. The van der Waals surface area contributed by atoms with E-state index in [-0.39, 0.29) is 5.82 Å². The highest BCUT2D eigenvalue weighted by Gasteiger charge is 2.17. The Hall–Kier alpha value is -1.38. The maximum absolute atomic E-state index is 13.7. The highest BCUT2D eigenvalue weighted by Crippen LogP contribution is 2.33. The third-order valence-electron chi connectivity index (χ3n) is 3.48. The summed E-state index contributed by atoms with van der Waals surface area (Å²) < 4.78 is 18.7. The number of rotatable bonds is 3. The predicted molar refractivity (Wildman–Crippen MR) is 66.4 cm³/mol. The van der Waals surface area contributed by atoms with Gasteiger partial charge in [0.05, 0.1) is 13.3 Å². The summed E-state index contributed by atoms with van der Waals surface area (Å²) >= 11 is 0. The monoisotopic (exact) mass is 235 g/mol. The van der Waals surface area contributed by atoms with Crippen LogP contribution in [0, 0.1) is 11.7 Å². The first-order valence-electron chi connectivity index (χ1n) is 6.13. The van der Waals surface area contributed by atoms with Gasteiger partial charge in [-0.15, -0.1) is 0 Å². The van der Waals surface area contributed by atoms with Crippen LogP contribution in [-0.2, 0) is 0 Å². The molecule has 1 heterocycles. The molecule has 2 rings (SSSR count). The Bertz CT molecular complexity index is 428. The summed E-state index contributed by atoms with van der Waals surface area (Å²) in [5.41, 5.74) is 1.74. The Morgan fingerprint density at radius 3 is 2.94 bits per heavy atom. The number of pyridine rings is 1. The Labute approximate surface area is 102 Å². The van der Waals surface area contributed by atoms with Crippen LogP contribution in [-0.4, -0.2) is 12.1 Å². The van der Waals surface area contributed by atoms with Gasteiger partial charge in [0.2, 0.25) is 5.88 Å². The molecule has 0 spiro atoms. The molecule has 0 bridgehead atoms. The average molecular weight is 235 g/mol. The molecule has 2 nitrogen and oxygen atoms in total. The number of methoxy groups -OCH3 is 1. The van der Waals surface area contributed by atoms with E-state index in [0.717, 1.165) is 30.8 Å². The zero-order chi connectivity index (χ0) is 12.3. The Morgan fingerprint density at radius 1 is 1.53 bits per heavy atom. The van der Waals surface area contributed by atoms with E-state index in [2.05, 4.69) is 18.0 Å². The predicted octanol–water partition coefficient (Wildman–Crippen LogP) is 3.82. The molecule has 0 radical (unpaired) electrons. The van der Waals surface area contributed by atoms with Crippen molar-refractivity contribution in [2.45, 2.75) is 32.6 Å². The maximum Gasteiger partial charge on any atom is 0.213 e. The third-order valence-corrected chi connectivity index (χ3v) is 3.48. The van der Waals surface area contributed by atoms with Crippen molar-refractivity contribution in [2.75, 3.05) is 7.11 Å². The average Bonchev–Trinajstić information content (AvgIpc) is 2.39. The summed E-state index contributed by atoms with van der Waals surface area (Å²) in [7, 11) is 1.55. The number of allylic oxidation sites excluding steroid dienone is 2. The van der Waals surface area contributed by atoms with Crippen LogP contribution in [0.4, 0.5) is 4.39 Å². The Kier molecular flexibility index (Phi) is 3.77. The number of halogens is 1. The van der Waals surface area contributed by atoms with Gasteiger partial charge in [-0.2, -0.15) is 0 Å². The van der Waals surface area contributed by atoms with Gasteiger partial charge >= 0.3 is 0 Å². The molecule has 0 amide bonds. The standard InChI is InChI=1S/C14H18FNO/c1-3-10-4-6-11(7-5-10)12-8-14(17-2)16-9-13(12)15/h6,8-10H,3-5,7H2,1-2H3. The van der Waals surface area contributed by atoms with Crippen LogP contribution in [0.3, 0.4) is 0 Å². The molecule has 0 aliphatic heterocycles. The summed E-state index contributed by atoms with van der Waals surface area (Å²) in [5.74, 6) is 0.970. The van der Waals surface area contributed by atoms with Crippen LogP contribution < -0.4 is 4.74 Å². The lowest BCUT2D eigenvalue weighted by Crippen LogP contribution is -2.05. The molecule has 0 N–H and O–H groups in total. The van der Waals surface area contributed by atoms with Crippen molar-refractivity contribution in [3.8, 4) is 5.88 Å². The molecule has 1 aromatic heterocycles. The molecule has 1 aliphatic carbocycles. The second kappa shape index (κ2) is 5.30. The van der Waals surface area contributed by atoms with Crippen LogP contribution in [0.25, 0.3) is 5.57 Å².